The lowest BCUT2D eigenvalue weighted by Gasteiger charge is -2.41. The molecule has 140 valence electrons. The highest BCUT2D eigenvalue weighted by molar-refractivity contribution is 5.94. The van der Waals surface area contributed by atoms with Crippen LogP contribution in [0.3, 0.4) is 0 Å². The summed E-state index contributed by atoms with van der Waals surface area (Å²) >= 11 is 0. The highest BCUT2D eigenvalue weighted by Crippen LogP contribution is 2.37. The van der Waals surface area contributed by atoms with Gasteiger partial charge in [-0.3, -0.25) is 9.59 Å². The summed E-state index contributed by atoms with van der Waals surface area (Å²) < 4.78 is 0. The van der Waals surface area contributed by atoms with Gasteiger partial charge in [0.15, 0.2) is 0 Å². The van der Waals surface area contributed by atoms with Crippen molar-refractivity contribution in [3.8, 4) is 0 Å². The van der Waals surface area contributed by atoms with Crippen LogP contribution < -0.4 is 5.32 Å². The van der Waals surface area contributed by atoms with E-state index in [1.165, 1.54) is 6.42 Å². The van der Waals surface area contributed by atoms with Crippen molar-refractivity contribution in [1.82, 2.24) is 15.1 Å². The Balaban J connectivity index is 1.35. The second kappa shape index (κ2) is 7.39. The van der Waals surface area contributed by atoms with Crippen LogP contribution in [0.25, 0.3) is 0 Å². The quantitative estimate of drug-likeness (QED) is 0.884. The van der Waals surface area contributed by atoms with Gasteiger partial charge in [0.2, 0.25) is 5.91 Å². The third kappa shape index (κ3) is 3.50. The van der Waals surface area contributed by atoms with Crippen molar-refractivity contribution >= 4 is 11.8 Å². The summed E-state index contributed by atoms with van der Waals surface area (Å²) in [7, 11) is 0. The van der Waals surface area contributed by atoms with Crippen molar-refractivity contribution in [3.05, 3.63) is 35.9 Å². The summed E-state index contributed by atoms with van der Waals surface area (Å²) in [6, 6.07) is 9.41. The molecule has 3 aliphatic heterocycles. The molecule has 5 heteroatoms. The SMILES string of the molecule is O=C(c1ccccc1)N1CCCC(C(=O)N2CCC3(CCNC3)CC2)C1. The Bertz CT molecular complexity index is 644. The van der Waals surface area contributed by atoms with E-state index in [1.807, 2.05) is 35.2 Å². The molecule has 3 aliphatic rings. The number of nitrogens with zero attached hydrogens (tertiary/aromatic N) is 2. The minimum absolute atomic E-state index is 0.0350. The van der Waals surface area contributed by atoms with Crippen molar-refractivity contribution in [2.24, 2.45) is 11.3 Å². The molecule has 0 radical (unpaired) electrons. The molecule has 2 amide bonds. The summed E-state index contributed by atoms with van der Waals surface area (Å²) in [4.78, 5) is 29.7. The minimum Gasteiger partial charge on any atom is -0.342 e. The van der Waals surface area contributed by atoms with Crippen LogP contribution in [-0.2, 0) is 4.79 Å². The maximum absolute atomic E-state index is 13.0. The molecule has 3 heterocycles. The molecule has 3 fully saturated rings. The summed E-state index contributed by atoms with van der Waals surface area (Å²) in [6.07, 6.45) is 5.30. The van der Waals surface area contributed by atoms with Crippen LogP contribution in [0.4, 0.5) is 0 Å². The van der Waals surface area contributed by atoms with Gasteiger partial charge in [-0.1, -0.05) is 18.2 Å². The number of carbonyl (C=O) groups is 2. The number of rotatable bonds is 2. The fraction of sp³-hybridized carbons (Fsp3) is 0.619. The Kier molecular flexibility index (Phi) is 4.98. The van der Waals surface area contributed by atoms with Gasteiger partial charge in [-0.15, -0.1) is 0 Å². The third-order valence-electron chi connectivity index (χ3n) is 6.55. The van der Waals surface area contributed by atoms with Gasteiger partial charge in [0.05, 0.1) is 5.92 Å². The van der Waals surface area contributed by atoms with Crippen LogP contribution in [-0.4, -0.2) is 60.9 Å². The number of hydrogen-bond acceptors (Lipinski definition) is 3. The van der Waals surface area contributed by atoms with Crippen molar-refractivity contribution in [3.63, 3.8) is 0 Å². The smallest absolute Gasteiger partial charge is 0.253 e. The first kappa shape index (κ1) is 17.5. The predicted octanol–water partition coefficient (Wildman–Crippen LogP) is 2.14. The van der Waals surface area contributed by atoms with E-state index in [9.17, 15) is 9.59 Å². The number of amides is 2. The van der Waals surface area contributed by atoms with E-state index in [1.54, 1.807) is 0 Å². The van der Waals surface area contributed by atoms with Gasteiger partial charge in [0.1, 0.15) is 0 Å². The Morgan fingerprint density at radius 2 is 1.77 bits per heavy atom. The topological polar surface area (TPSA) is 52.7 Å². The van der Waals surface area contributed by atoms with Crippen LogP contribution in [0.5, 0.6) is 0 Å². The maximum atomic E-state index is 13.0. The Labute approximate surface area is 155 Å². The lowest BCUT2D eigenvalue weighted by atomic mass is 9.77. The number of nitrogens with one attached hydrogen (secondary N) is 1. The normalized spacial score (nSPS) is 25.5. The molecular weight excluding hydrogens is 326 g/mol. The average Bonchev–Trinajstić information content (AvgIpc) is 3.16. The molecule has 0 saturated carbocycles. The molecule has 1 unspecified atom stereocenters. The molecule has 0 bridgehead atoms. The molecule has 1 aromatic rings. The first-order valence-electron chi connectivity index (χ1n) is 10.0. The van der Waals surface area contributed by atoms with Gasteiger partial charge in [0, 0.05) is 38.3 Å². The van der Waals surface area contributed by atoms with E-state index in [0.29, 0.717) is 17.5 Å². The first-order chi connectivity index (χ1) is 12.7. The Hall–Kier alpha value is -1.88. The molecule has 3 saturated heterocycles. The summed E-state index contributed by atoms with van der Waals surface area (Å²) in [5.41, 5.74) is 1.15. The zero-order valence-corrected chi connectivity index (χ0v) is 15.5. The Morgan fingerprint density at radius 3 is 2.46 bits per heavy atom. The van der Waals surface area contributed by atoms with Crippen LogP contribution in [0, 0.1) is 11.3 Å². The lowest BCUT2D eigenvalue weighted by Crippen LogP contribution is -2.50. The van der Waals surface area contributed by atoms with Crippen molar-refractivity contribution in [2.45, 2.75) is 32.1 Å². The van der Waals surface area contributed by atoms with E-state index >= 15 is 0 Å². The van der Waals surface area contributed by atoms with Crippen molar-refractivity contribution < 1.29 is 9.59 Å². The monoisotopic (exact) mass is 355 g/mol. The standard InChI is InChI=1S/C21H29N3O2/c25-19(17-5-2-1-3-6-17)24-12-4-7-18(15-24)20(26)23-13-9-21(10-14-23)8-11-22-16-21/h1-3,5-6,18,22H,4,7-16H2. The maximum Gasteiger partial charge on any atom is 0.253 e. The summed E-state index contributed by atoms with van der Waals surface area (Å²) in [5, 5.41) is 3.48. The number of piperidine rings is 2. The zero-order chi connectivity index (χ0) is 18.0. The lowest BCUT2D eigenvalue weighted by molar-refractivity contribution is -0.139. The first-order valence-corrected chi connectivity index (χ1v) is 10.0. The highest BCUT2D eigenvalue weighted by Gasteiger charge is 2.40. The average molecular weight is 355 g/mol. The third-order valence-corrected chi connectivity index (χ3v) is 6.55. The molecular formula is C21H29N3O2. The summed E-state index contributed by atoms with van der Waals surface area (Å²) in [6.45, 7) is 5.31. The number of hydrogen-bond donors (Lipinski definition) is 1. The molecule has 0 aromatic heterocycles. The van der Waals surface area contributed by atoms with Gasteiger partial charge in [-0.25, -0.2) is 0 Å². The second-order valence-corrected chi connectivity index (χ2v) is 8.21. The van der Waals surface area contributed by atoms with E-state index in [4.69, 9.17) is 0 Å². The van der Waals surface area contributed by atoms with Gasteiger partial charge in [0.25, 0.3) is 5.91 Å². The van der Waals surface area contributed by atoms with E-state index in [2.05, 4.69) is 10.2 Å². The van der Waals surface area contributed by atoms with Crippen molar-refractivity contribution in [1.29, 1.82) is 0 Å². The highest BCUT2D eigenvalue weighted by atomic mass is 16.2. The van der Waals surface area contributed by atoms with Crippen LogP contribution >= 0.6 is 0 Å². The van der Waals surface area contributed by atoms with E-state index in [0.717, 1.165) is 58.4 Å². The fourth-order valence-corrected chi connectivity index (χ4v) is 4.81. The van der Waals surface area contributed by atoms with Crippen LogP contribution in [0.1, 0.15) is 42.5 Å². The van der Waals surface area contributed by atoms with E-state index in [-0.39, 0.29) is 17.7 Å². The molecule has 1 aromatic carbocycles. The zero-order valence-electron chi connectivity index (χ0n) is 15.5. The molecule has 1 atom stereocenters. The molecule has 5 nitrogen and oxygen atoms in total. The predicted molar refractivity (Wildman–Crippen MR) is 101 cm³/mol. The van der Waals surface area contributed by atoms with Gasteiger partial charge in [-0.2, -0.15) is 0 Å². The van der Waals surface area contributed by atoms with Gasteiger partial charge in [-0.05, 0) is 56.2 Å². The largest absolute Gasteiger partial charge is 0.342 e. The molecule has 0 aliphatic carbocycles. The minimum atomic E-state index is -0.0350. The summed E-state index contributed by atoms with van der Waals surface area (Å²) in [5.74, 6) is 0.279. The molecule has 26 heavy (non-hydrogen) atoms. The fourth-order valence-electron chi connectivity index (χ4n) is 4.81. The molecule has 4 rings (SSSR count). The van der Waals surface area contributed by atoms with Crippen LogP contribution in [0.15, 0.2) is 30.3 Å². The molecule has 1 spiro atoms. The number of benzene rings is 1. The van der Waals surface area contributed by atoms with Gasteiger partial charge < -0.3 is 15.1 Å². The Morgan fingerprint density at radius 1 is 1.00 bits per heavy atom. The molecule has 1 N–H and O–H groups in total. The van der Waals surface area contributed by atoms with Crippen LogP contribution in [0.2, 0.25) is 0 Å². The van der Waals surface area contributed by atoms with Gasteiger partial charge >= 0.3 is 0 Å². The van der Waals surface area contributed by atoms with Crippen molar-refractivity contribution in [2.75, 3.05) is 39.3 Å². The second-order valence-electron chi connectivity index (χ2n) is 8.21. The number of carbonyl (C=O) groups excluding carboxylic acids is 2. The van der Waals surface area contributed by atoms with E-state index < -0.39 is 0 Å². The number of likely N-dealkylation sites (tertiary alicyclic amines) is 2.